The average Bonchev–Trinajstić information content (AvgIpc) is 2.67. The van der Waals surface area contributed by atoms with Crippen LogP contribution in [0, 0.1) is 0 Å². The molecule has 130 valence electrons. The normalized spacial score (nSPS) is 10.7. The van der Waals surface area contributed by atoms with Crippen molar-refractivity contribution >= 4 is 29.3 Å². The van der Waals surface area contributed by atoms with Crippen LogP contribution in [0.2, 0.25) is 5.02 Å². The van der Waals surface area contributed by atoms with E-state index in [0.29, 0.717) is 17.3 Å². The van der Waals surface area contributed by atoms with E-state index >= 15 is 0 Å². The molecular formula is C22H18ClNO2. The van der Waals surface area contributed by atoms with Gasteiger partial charge in [0.05, 0.1) is 0 Å². The number of hydrogen-bond acceptors (Lipinski definition) is 2. The second kappa shape index (κ2) is 8.88. The van der Waals surface area contributed by atoms with Crippen molar-refractivity contribution in [1.82, 2.24) is 0 Å². The molecule has 0 aromatic heterocycles. The van der Waals surface area contributed by atoms with Gasteiger partial charge in [-0.05, 0) is 53.6 Å². The zero-order valence-corrected chi connectivity index (χ0v) is 14.8. The lowest BCUT2D eigenvalue weighted by Gasteiger charge is -2.07. The molecule has 4 heteroatoms. The number of ether oxygens (including phenoxy) is 1. The smallest absolute Gasteiger partial charge is 0.248 e. The third-order valence-corrected chi connectivity index (χ3v) is 3.88. The van der Waals surface area contributed by atoms with Crippen LogP contribution in [-0.2, 0) is 11.4 Å². The van der Waals surface area contributed by atoms with Gasteiger partial charge in [0.2, 0.25) is 5.91 Å². The van der Waals surface area contributed by atoms with Crippen molar-refractivity contribution in [3.8, 4) is 5.75 Å². The molecule has 0 spiro atoms. The molecule has 0 atom stereocenters. The Hall–Kier alpha value is -3.04. The Morgan fingerprint density at radius 1 is 0.962 bits per heavy atom. The van der Waals surface area contributed by atoms with Gasteiger partial charge >= 0.3 is 0 Å². The van der Waals surface area contributed by atoms with Gasteiger partial charge in [-0.1, -0.05) is 54.1 Å². The lowest BCUT2D eigenvalue weighted by atomic mass is 10.2. The van der Waals surface area contributed by atoms with Gasteiger partial charge in [0.15, 0.2) is 0 Å². The summed E-state index contributed by atoms with van der Waals surface area (Å²) in [5.41, 5.74) is 2.69. The van der Waals surface area contributed by atoms with Gasteiger partial charge in [-0.2, -0.15) is 0 Å². The Balaban J connectivity index is 1.52. The van der Waals surface area contributed by atoms with Crippen LogP contribution in [0.15, 0.2) is 84.9 Å². The van der Waals surface area contributed by atoms with Crippen LogP contribution in [0.1, 0.15) is 11.1 Å². The summed E-state index contributed by atoms with van der Waals surface area (Å²) in [7, 11) is 0. The monoisotopic (exact) mass is 363 g/mol. The number of benzene rings is 3. The van der Waals surface area contributed by atoms with Crippen LogP contribution in [0.4, 0.5) is 5.69 Å². The summed E-state index contributed by atoms with van der Waals surface area (Å²) < 4.78 is 5.73. The maximum absolute atomic E-state index is 12.0. The summed E-state index contributed by atoms with van der Waals surface area (Å²) in [5.74, 6) is 0.546. The summed E-state index contributed by atoms with van der Waals surface area (Å²) in [6, 6.07) is 24.6. The Labute approximate surface area is 157 Å². The van der Waals surface area contributed by atoms with Gasteiger partial charge in [-0.3, -0.25) is 4.79 Å². The van der Waals surface area contributed by atoms with E-state index in [9.17, 15) is 4.79 Å². The minimum atomic E-state index is -0.206. The highest BCUT2D eigenvalue weighted by Crippen LogP contribution is 2.17. The number of rotatable bonds is 6. The summed E-state index contributed by atoms with van der Waals surface area (Å²) in [4.78, 5) is 12.0. The molecule has 26 heavy (non-hydrogen) atoms. The molecule has 0 aliphatic carbocycles. The summed E-state index contributed by atoms with van der Waals surface area (Å²) >= 11 is 5.92. The quantitative estimate of drug-likeness (QED) is 0.581. The predicted octanol–water partition coefficient (Wildman–Crippen LogP) is 5.57. The number of carbonyl (C=O) groups is 1. The van der Waals surface area contributed by atoms with E-state index in [-0.39, 0.29) is 5.91 Å². The van der Waals surface area contributed by atoms with Crippen LogP contribution in [0.25, 0.3) is 6.08 Å². The molecule has 0 bridgehead atoms. The first-order valence-corrected chi connectivity index (χ1v) is 8.58. The molecule has 0 aliphatic heterocycles. The molecule has 0 fully saturated rings. The van der Waals surface area contributed by atoms with Crippen molar-refractivity contribution in [1.29, 1.82) is 0 Å². The first-order valence-electron chi connectivity index (χ1n) is 8.20. The van der Waals surface area contributed by atoms with Crippen LogP contribution < -0.4 is 10.1 Å². The molecule has 1 N–H and O–H groups in total. The largest absolute Gasteiger partial charge is 0.489 e. The van der Waals surface area contributed by atoms with Crippen LogP contribution >= 0.6 is 11.6 Å². The topological polar surface area (TPSA) is 38.3 Å². The fraction of sp³-hybridized carbons (Fsp3) is 0.0455. The van der Waals surface area contributed by atoms with Gasteiger partial charge in [-0.25, -0.2) is 0 Å². The van der Waals surface area contributed by atoms with E-state index in [1.807, 2.05) is 66.7 Å². The zero-order chi connectivity index (χ0) is 18.2. The maximum atomic E-state index is 12.0. The van der Waals surface area contributed by atoms with E-state index in [1.54, 1.807) is 18.2 Å². The lowest BCUT2D eigenvalue weighted by Crippen LogP contribution is -2.07. The van der Waals surface area contributed by atoms with E-state index in [1.165, 1.54) is 6.08 Å². The SMILES string of the molecule is O=C(C=Cc1cccc(Cl)c1)Nc1ccc(OCc2ccccc2)cc1. The number of amides is 1. The van der Waals surface area contributed by atoms with Gasteiger partial charge in [0.25, 0.3) is 0 Å². The van der Waals surface area contributed by atoms with Crippen LogP contribution in [0.3, 0.4) is 0 Å². The number of hydrogen-bond donors (Lipinski definition) is 1. The number of nitrogens with one attached hydrogen (secondary N) is 1. The highest BCUT2D eigenvalue weighted by Gasteiger charge is 2.00. The minimum absolute atomic E-state index is 0.206. The van der Waals surface area contributed by atoms with Crippen molar-refractivity contribution in [2.24, 2.45) is 0 Å². The predicted molar refractivity (Wildman–Crippen MR) is 106 cm³/mol. The summed E-state index contributed by atoms with van der Waals surface area (Å²) in [6.07, 6.45) is 3.20. The lowest BCUT2D eigenvalue weighted by molar-refractivity contribution is -0.111. The fourth-order valence-electron chi connectivity index (χ4n) is 2.34. The molecule has 0 saturated heterocycles. The van der Waals surface area contributed by atoms with Gasteiger partial charge in [-0.15, -0.1) is 0 Å². The third kappa shape index (κ3) is 5.50. The van der Waals surface area contributed by atoms with Gasteiger partial charge in [0, 0.05) is 16.8 Å². The Morgan fingerprint density at radius 3 is 2.46 bits per heavy atom. The van der Waals surface area contributed by atoms with Crippen molar-refractivity contribution in [2.45, 2.75) is 6.61 Å². The zero-order valence-electron chi connectivity index (χ0n) is 14.1. The first kappa shape index (κ1) is 17.8. The molecule has 3 rings (SSSR count). The van der Waals surface area contributed by atoms with Crippen LogP contribution in [0.5, 0.6) is 5.75 Å². The van der Waals surface area contributed by atoms with E-state index < -0.39 is 0 Å². The second-order valence-electron chi connectivity index (χ2n) is 5.68. The molecule has 0 aliphatic rings. The molecule has 3 aromatic carbocycles. The molecule has 0 saturated carbocycles. The summed E-state index contributed by atoms with van der Waals surface area (Å²) in [5, 5.41) is 3.45. The third-order valence-electron chi connectivity index (χ3n) is 3.65. The standard InChI is InChI=1S/C22H18ClNO2/c23-19-8-4-7-17(15-19)9-14-22(25)24-20-10-12-21(13-11-20)26-16-18-5-2-1-3-6-18/h1-15H,16H2,(H,24,25). The maximum Gasteiger partial charge on any atom is 0.248 e. The molecular weight excluding hydrogens is 346 g/mol. The number of anilines is 1. The van der Waals surface area contributed by atoms with Gasteiger partial charge < -0.3 is 10.1 Å². The highest BCUT2D eigenvalue weighted by molar-refractivity contribution is 6.30. The number of halogens is 1. The molecule has 1 amide bonds. The second-order valence-corrected chi connectivity index (χ2v) is 6.11. The Kier molecular flexibility index (Phi) is 6.07. The molecule has 0 unspecified atom stereocenters. The van der Waals surface area contributed by atoms with Crippen LogP contribution in [-0.4, -0.2) is 5.91 Å². The molecule has 3 aromatic rings. The molecule has 3 nitrogen and oxygen atoms in total. The molecule has 0 radical (unpaired) electrons. The van der Waals surface area contributed by atoms with E-state index in [4.69, 9.17) is 16.3 Å². The Bertz CT molecular complexity index is 890. The Morgan fingerprint density at radius 2 is 1.73 bits per heavy atom. The molecule has 0 heterocycles. The van der Waals surface area contributed by atoms with E-state index in [0.717, 1.165) is 16.9 Å². The highest BCUT2D eigenvalue weighted by atomic mass is 35.5. The van der Waals surface area contributed by atoms with Crippen molar-refractivity contribution in [3.05, 3.63) is 101 Å². The first-order chi connectivity index (χ1) is 12.7. The van der Waals surface area contributed by atoms with Crippen molar-refractivity contribution in [2.75, 3.05) is 5.32 Å². The summed E-state index contributed by atoms with van der Waals surface area (Å²) in [6.45, 7) is 0.509. The van der Waals surface area contributed by atoms with Crippen molar-refractivity contribution in [3.63, 3.8) is 0 Å². The fourth-order valence-corrected chi connectivity index (χ4v) is 2.54. The van der Waals surface area contributed by atoms with E-state index in [2.05, 4.69) is 5.32 Å². The minimum Gasteiger partial charge on any atom is -0.489 e. The number of carbonyl (C=O) groups excluding carboxylic acids is 1. The average molecular weight is 364 g/mol. The van der Waals surface area contributed by atoms with Crippen molar-refractivity contribution < 1.29 is 9.53 Å². The van der Waals surface area contributed by atoms with Gasteiger partial charge in [0.1, 0.15) is 12.4 Å².